The van der Waals surface area contributed by atoms with E-state index in [-0.39, 0.29) is 5.75 Å². The minimum atomic E-state index is -4.66. The largest absolute Gasteiger partial charge is 0.573 e. The van der Waals surface area contributed by atoms with Gasteiger partial charge < -0.3 is 10.1 Å². The van der Waals surface area contributed by atoms with E-state index in [0.717, 1.165) is 5.69 Å². The van der Waals surface area contributed by atoms with Gasteiger partial charge >= 0.3 is 6.36 Å². The molecule has 1 aromatic heterocycles. The molecule has 0 atom stereocenters. The van der Waals surface area contributed by atoms with Crippen LogP contribution in [0.25, 0.3) is 0 Å². The standard InChI is InChI=1S/C11H8F3N2OS/c12-11(13,14)17-10-3-1-8(2-4-10)15-5-9-6-18-7-16-9/h1-4,6,15H,5H2. The fourth-order valence-corrected chi connectivity index (χ4v) is 1.75. The zero-order valence-electron chi connectivity index (χ0n) is 8.99. The van der Waals surface area contributed by atoms with Gasteiger partial charge in [-0.2, -0.15) is 0 Å². The van der Waals surface area contributed by atoms with E-state index in [9.17, 15) is 13.2 Å². The number of hydrogen-bond acceptors (Lipinski definition) is 4. The first kappa shape index (κ1) is 12.7. The van der Waals surface area contributed by atoms with E-state index in [2.05, 4.69) is 20.5 Å². The molecule has 0 aliphatic heterocycles. The molecular formula is C11H8F3N2OS. The second-order valence-electron chi connectivity index (χ2n) is 3.36. The van der Waals surface area contributed by atoms with Gasteiger partial charge in [-0.15, -0.1) is 24.5 Å². The second kappa shape index (κ2) is 5.26. The van der Waals surface area contributed by atoms with Gasteiger partial charge in [0, 0.05) is 11.1 Å². The number of hydrogen-bond donors (Lipinski definition) is 1. The summed E-state index contributed by atoms with van der Waals surface area (Å²) in [5.41, 5.74) is 4.23. The van der Waals surface area contributed by atoms with Crippen molar-refractivity contribution in [2.75, 3.05) is 5.32 Å². The van der Waals surface area contributed by atoms with Crippen LogP contribution in [0, 0.1) is 5.51 Å². The van der Waals surface area contributed by atoms with Crippen LogP contribution >= 0.6 is 11.3 Å². The number of nitrogens with one attached hydrogen (secondary N) is 1. The Balaban J connectivity index is 1.91. The molecule has 0 unspecified atom stereocenters. The van der Waals surface area contributed by atoms with Gasteiger partial charge in [-0.1, -0.05) is 0 Å². The van der Waals surface area contributed by atoms with Crippen molar-refractivity contribution in [3.63, 3.8) is 0 Å². The van der Waals surface area contributed by atoms with E-state index in [1.807, 2.05) is 5.38 Å². The van der Waals surface area contributed by atoms with Crippen LogP contribution < -0.4 is 10.1 Å². The third-order valence-electron chi connectivity index (χ3n) is 2.00. The molecule has 0 amide bonds. The lowest BCUT2D eigenvalue weighted by molar-refractivity contribution is -0.274. The summed E-state index contributed by atoms with van der Waals surface area (Å²) in [6.07, 6.45) is -4.66. The van der Waals surface area contributed by atoms with Gasteiger partial charge in [-0.3, -0.25) is 0 Å². The number of alkyl halides is 3. The van der Waals surface area contributed by atoms with Gasteiger partial charge in [-0.05, 0) is 24.3 Å². The normalized spacial score (nSPS) is 11.3. The molecule has 2 aromatic rings. The summed E-state index contributed by atoms with van der Waals surface area (Å²) >= 11 is 1.36. The molecule has 0 saturated carbocycles. The Kier molecular flexibility index (Phi) is 3.71. The molecule has 0 bridgehead atoms. The Morgan fingerprint density at radius 2 is 2.00 bits per heavy atom. The molecule has 0 fully saturated rings. The summed E-state index contributed by atoms with van der Waals surface area (Å²) in [7, 11) is 0. The lowest BCUT2D eigenvalue weighted by atomic mass is 10.3. The number of aromatic nitrogens is 1. The molecular weight excluding hydrogens is 265 g/mol. The Hall–Kier alpha value is -1.76. The third kappa shape index (κ3) is 3.92. The SMILES string of the molecule is FC(F)(F)Oc1ccc(NCc2cs[c]n2)cc1. The number of halogens is 3. The molecule has 3 nitrogen and oxygen atoms in total. The average molecular weight is 273 g/mol. The summed E-state index contributed by atoms with van der Waals surface area (Å²) in [6.45, 7) is 0.499. The molecule has 95 valence electrons. The van der Waals surface area contributed by atoms with Gasteiger partial charge in [0.15, 0.2) is 5.51 Å². The van der Waals surface area contributed by atoms with E-state index in [1.54, 1.807) is 0 Å². The molecule has 7 heteroatoms. The highest BCUT2D eigenvalue weighted by molar-refractivity contribution is 7.07. The van der Waals surface area contributed by atoms with Gasteiger partial charge in [-0.25, -0.2) is 4.98 Å². The highest BCUT2D eigenvalue weighted by atomic mass is 32.1. The Bertz CT molecular complexity index is 482. The Morgan fingerprint density at radius 3 is 2.56 bits per heavy atom. The van der Waals surface area contributed by atoms with E-state index >= 15 is 0 Å². The average Bonchev–Trinajstić information content (AvgIpc) is 2.79. The van der Waals surface area contributed by atoms with Crippen LogP contribution in [0.15, 0.2) is 29.6 Å². The zero-order chi connectivity index (χ0) is 13.0. The maximum Gasteiger partial charge on any atom is 0.573 e. The number of benzene rings is 1. The highest BCUT2D eigenvalue weighted by Gasteiger charge is 2.30. The predicted molar refractivity (Wildman–Crippen MR) is 61.4 cm³/mol. The summed E-state index contributed by atoms with van der Waals surface area (Å²) in [5, 5.41) is 4.87. The molecule has 0 aliphatic rings. The lowest BCUT2D eigenvalue weighted by Crippen LogP contribution is -2.17. The Labute approximate surface area is 105 Å². The number of ether oxygens (including phenoxy) is 1. The van der Waals surface area contributed by atoms with Crippen molar-refractivity contribution in [2.24, 2.45) is 0 Å². The van der Waals surface area contributed by atoms with Crippen LogP contribution in [0.1, 0.15) is 5.69 Å². The van der Waals surface area contributed by atoms with Crippen LogP contribution in [-0.4, -0.2) is 11.3 Å². The fraction of sp³-hybridized carbons (Fsp3) is 0.182. The van der Waals surface area contributed by atoms with Crippen LogP contribution in [-0.2, 0) is 6.54 Å². The van der Waals surface area contributed by atoms with Crippen LogP contribution in [0.3, 0.4) is 0 Å². The maximum atomic E-state index is 11.9. The van der Waals surface area contributed by atoms with Crippen LogP contribution in [0.4, 0.5) is 18.9 Å². The predicted octanol–water partition coefficient (Wildman–Crippen LogP) is 3.45. The first-order chi connectivity index (χ1) is 8.53. The monoisotopic (exact) mass is 273 g/mol. The van der Waals surface area contributed by atoms with Crippen LogP contribution in [0.5, 0.6) is 5.75 Å². The molecule has 18 heavy (non-hydrogen) atoms. The first-order valence-electron chi connectivity index (χ1n) is 4.93. The van der Waals surface area contributed by atoms with Crippen molar-refractivity contribution in [1.82, 2.24) is 4.98 Å². The maximum absolute atomic E-state index is 11.9. The first-order valence-corrected chi connectivity index (χ1v) is 5.81. The number of nitrogens with zero attached hydrogens (tertiary/aromatic N) is 1. The molecule has 1 aromatic carbocycles. The van der Waals surface area contributed by atoms with Crippen molar-refractivity contribution < 1.29 is 17.9 Å². The molecule has 1 N–H and O–H groups in total. The second-order valence-corrected chi connectivity index (χ2v) is 4.01. The lowest BCUT2D eigenvalue weighted by Gasteiger charge is -2.09. The van der Waals surface area contributed by atoms with Gasteiger partial charge in [0.1, 0.15) is 5.75 Å². The zero-order valence-corrected chi connectivity index (χ0v) is 9.81. The smallest absolute Gasteiger partial charge is 0.406 e. The fourth-order valence-electron chi connectivity index (χ4n) is 1.25. The number of rotatable bonds is 4. The molecule has 0 spiro atoms. The quantitative estimate of drug-likeness (QED) is 0.926. The van der Waals surface area contributed by atoms with E-state index in [1.165, 1.54) is 35.6 Å². The molecule has 0 saturated heterocycles. The highest BCUT2D eigenvalue weighted by Crippen LogP contribution is 2.24. The molecule has 1 radical (unpaired) electrons. The minimum Gasteiger partial charge on any atom is -0.406 e. The summed E-state index contributed by atoms with van der Waals surface area (Å²) in [6, 6.07) is 5.53. The summed E-state index contributed by atoms with van der Waals surface area (Å²) in [5.74, 6) is -0.241. The molecule has 1 heterocycles. The summed E-state index contributed by atoms with van der Waals surface area (Å²) in [4.78, 5) is 3.95. The van der Waals surface area contributed by atoms with Gasteiger partial charge in [0.05, 0.1) is 12.2 Å². The van der Waals surface area contributed by atoms with Crippen molar-refractivity contribution in [3.05, 3.63) is 40.8 Å². The van der Waals surface area contributed by atoms with Crippen molar-refractivity contribution >= 4 is 17.0 Å². The molecule has 2 rings (SSSR count). The third-order valence-corrected chi connectivity index (χ3v) is 2.59. The van der Waals surface area contributed by atoms with E-state index in [0.29, 0.717) is 12.2 Å². The number of thiazole rings is 1. The number of anilines is 1. The van der Waals surface area contributed by atoms with Crippen molar-refractivity contribution in [3.8, 4) is 5.75 Å². The van der Waals surface area contributed by atoms with Gasteiger partial charge in [0.2, 0.25) is 0 Å². The van der Waals surface area contributed by atoms with Crippen molar-refractivity contribution in [2.45, 2.75) is 12.9 Å². The Morgan fingerprint density at radius 1 is 1.28 bits per heavy atom. The minimum absolute atomic E-state index is 0.241. The van der Waals surface area contributed by atoms with Crippen LogP contribution in [0.2, 0.25) is 0 Å². The van der Waals surface area contributed by atoms with Gasteiger partial charge in [0.25, 0.3) is 0 Å². The topological polar surface area (TPSA) is 34.1 Å². The van der Waals surface area contributed by atoms with E-state index in [4.69, 9.17) is 0 Å². The van der Waals surface area contributed by atoms with Crippen molar-refractivity contribution in [1.29, 1.82) is 0 Å². The molecule has 0 aliphatic carbocycles. The summed E-state index contributed by atoms with van der Waals surface area (Å²) < 4.78 is 39.5. The van der Waals surface area contributed by atoms with E-state index < -0.39 is 6.36 Å².